The van der Waals surface area contributed by atoms with Crippen molar-refractivity contribution in [3.05, 3.63) is 35.3 Å². The van der Waals surface area contributed by atoms with Crippen molar-refractivity contribution in [3.63, 3.8) is 0 Å². The molecule has 3 aliphatic heterocycles. The molecule has 3 fully saturated rings. The molecule has 23 heavy (non-hydrogen) atoms. The first kappa shape index (κ1) is 14.3. The Bertz CT molecular complexity index is 732. The first-order valence-corrected chi connectivity index (χ1v) is 7.85. The zero-order valence-corrected chi connectivity index (χ0v) is 13.5. The summed E-state index contributed by atoms with van der Waals surface area (Å²) in [4.78, 5) is 21.4. The van der Waals surface area contributed by atoms with Gasteiger partial charge in [0, 0.05) is 24.5 Å². The van der Waals surface area contributed by atoms with Crippen molar-refractivity contribution < 1.29 is 4.39 Å². The molecular weight excluding hydrogens is 295 g/mol. The first-order valence-electron chi connectivity index (χ1n) is 7.85. The Kier molecular flexibility index (Phi) is 3.18. The van der Waals surface area contributed by atoms with Crippen LogP contribution in [0.25, 0.3) is 0 Å². The Hall–Kier alpha value is -2.31. The Balaban J connectivity index is 1.57. The Morgan fingerprint density at radius 1 is 1.04 bits per heavy atom. The number of piperidine rings is 1. The van der Waals surface area contributed by atoms with E-state index in [0.29, 0.717) is 11.5 Å². The lowest BCUT2D eigenvalue weighted by Gasteiger charge is -2.56. The van der Waals surface area contributed by atoms with Gasteiger partial charge in [-0.25, -0.2) is 24.3 Å². The molecule has 0 amide bonds. The minimum Gasteiger partial charge on any atom is -0.344 e. The summed E-state index contributed by atoms with van der Waals surface area (Å²) in [5.41, 5.74) is 2.34. The maximum absolute atomic E-state index is 14.3. The molecule has 2 bridgehead atoms. The molecule has 6 nitrogen and oxygen atoms in total. The molecule has 0 saturated carbocycles. The Morgan fingerprint density at radius 2 is 1.70 bits per heavy atom. The number of halogens is 1. The molecule has 7 heteroatoms. The molecular formula is C16H19FN6. The molecule has 0 radical (unpaired) electrons. The van der Waals surface area contributed by atoms with Crippen molar-refractivity contribution in [2.24, 2.45) is 0 Å². The zero-order chi connectivity index (χ0) is 16.1. The summed E-state index contributed by atoms with van der Waals surface area (Å²) in [7, 11) is 0. The molecule has 5 heterocycles. The van der Waals surface area contributed by atoms with Crippen LogP contribution in [0, 0.1) is 26.6 Å². The van der Waals surface area contributed by atoms with Crippen LogP contribution in [-0.4, -0.2) is 45.1 Å². The van der Waals surface area contributed by atoms with Gasteiger partial charge in [0.25, 0.3) is 0 Å². The van der Waals surface area contributed by atoms with Gasteiger partial charge in [-0.1, -0.05) is 0 Å². The second-order valence-electron chi connectivity index (χ2n) is 6.40. The molecule has 3 aliphatic rings. The van der Waals surface area contributed by atoms with E-state index in [1.54, 1.807) is 6.92 Å². The average molecular weight is 314 g/mol. The van der Waals surface area contributed by atoms with Crippen LogP contribution in [-0.2, 0) is 0 Å². The van der Waals surface area contributed by atoms with Gasteiger partial charge in [0.15, 0.2) is 11.6 Å². The third-order valence-electron chi connectivity index (χ3n) is 4.64. The van der Waals surface area contributed by atoms with Gasteiger partial charge in [-0.2, -0.15) is 0 Å². The number of hydrogen-bond donors (Lipinski definition) is 0. The number of aryl methyl sites for hydroxylation is 3. The van der Waals surface area contributed by atoms with Crippen LogP contribution in [0.2, 0.25) is 0 Å². The van der Waals surface area contributed by atoms with Gasteiger partial charge in [0.2, 0.25) is 5.95 Å². The van der Waals surface area contributed by atoms with Crippen LogP contribution in [0.1, 0.15) is 23.5 Å². The lowest BCUT2D eigenvalue weighted by Crippen LogP contribution is -2.70. The minimum absolute atomic E-state index is 0.252. The fourth-order valence-corrected chi connectivity index (χ4v) is 3.59. The third-order valence-corrected chi connectivity index (χ3v) is 4.64. The van der Waals surface area contributed by atoms with E-state index in [-0.39, 0.29) is 17.9 Å². The molecule has 2 aromatic rings. The summed E-state index contributed by atoms with van der Waals surface area (Å²) in [6, 6.07) is 2.48. The van der Waals surface area contributed by atoms with Crippen LogP contribution < -0.4 is 9.80 Å². The van der Waals surface area contributed by atoms with E-state index in [9.17, 15) is 4.39 Å². The zero-order valence-electron chi connectivity index (χ0n) is 13.5. The summed E-state index contributed by atoms with van der Waals surface area (Å²) in [6.45, 7) is 7.22. The molecule has 0 aliphatic carbocycles. The Morgan fingerprint density at radius 3 is 2.35 bits per heavy atom. The number of fused-ring (bicyclic) bond motifs is 2. The highest BCUT2D eigenvalue weighted by molar-refractivity contribution is 5.51. The monoisotopic (exact) mass is 314 g/mol. The molecule has 0 aromatic carbocycles. The van der Waals surface area contributed by atoms with E-state index in [4.69, 9.17) is 0 Å². The lowest BCUT2D eigenvalue weighted by atomic mass is 9.87. The highest BCUT2D eigenvalue weighted by Gasteiger charge is 2.47. The van der Waals surface area contributed by atoms with Gasteiger partial charge in [0.1, 0.15) is 6.33 Å². The molecule has 2 atom stereocenters. The van der Waals surface area contributed by atoms with Gasteiger partial charge in [-0.05, 0) is 33.3 Å². The van der Waals surface area contributed by atoms with E-state index in [0.717, 1.165) is 36.8 Å². The normalized spacial score (nSPS) is 23.0. The van der Waals surface area contributed by atoms with Crippen molar-refractivity contribution in [2.75, 3.05) is 22.9 Å². The number of hydrogen-bond acceptors (Lipinski definition) is 6. The fourth-order valence-electron chi connectivity index (χ4n) is 3.59. The highest BCUT2D eigenvalue weighted by Crippen LogP contribution is 2.38. The average Bonchev–Trinajstić information content (AvgIpc) is 2.51. The smallest absolute Gasteiger partial charge is 0.225 e. The SMILES string of the molecule is Cc1cc(C)nc(N2CC3CC(C2)N3c2ncnc(C)c2F)n1. The summed E-state index contributed by atoms with van der Waals surface area (Å²) in [5.74, 6) is 0.897. The molecule has 120 valence electrons. The number of piperazine rings is 1. The molecule has 2 unspecified atom stereocenters. The lowest BCUT2D eigenvalue weighted by molar-refractivity contribution is 0.282. The summed E-state index contributed by atoms with van der Waals surface area (Å²) in [5, 5.41) is 0. The topological polar surface area (TPSA) is 58.0 Å². The van der Waals surface area contributed by atoms with Crippen LogP contribution in [0.15, 0.2) is 12.4 Å². The molecule has 0 N–H and O–H groups in total. The number of rotatable bonds is 2. The molecule has 3 saturated heterocycles. The Labute approximate surface area is 134 Å². The van der Waals surface area contributed by atoms with Crippen LogP contribution in [0.4, 0.5) is 16.2 Å². The molecule has 0 spiro atoms. The predicted molar refractivity (Wildman–Crippen MR) is 85.1 cm³/mol. The minimum atomic E-state index is -0.307. The number of aromatic nitrogens is 4. The second kappa shape index (κ2) is 5.11. The van der Waals surface area contributed by atoms with Crippen molar-refractivity contribution in [1.29, 1.82) is 0 Å². The van der Waals surface area contributed by atoms with Crippen molar-refractivity contribution in [1.82, 2.24) is 19.9 Å². The van der Waals surface area contributed by atoms with Crippen LogP contribution in [0.5, 0.6) is 0 Å². The quantitative estimate of drug-likeness (QED) is 0.842. The molecule has 2 aromatic heterocycles. The highest BCUT2D eigenvalue weighted by atomic mass is 19.1. The summed E-state index contributed by atoms with van der Waals surface area (Å²) >= 11 is 0. The van der Waals surface area contributed by atoms with E-state index in [1.807, 2.05) is 19.9 Å². The van der Waals surface area contributed by atoms with E-state index in [2.05, 4.69) is 29.7 Å². The van der Waals surface area contributed by atoms with Gasteiger partial charge < -0.3 is 9.80 Å². The van der Waals surface area contributed by atoms with E-state index in [1.165, 1.54) is 6.33 Å². The van der Waals surface area contributed by atoms with Gasteiger partial charge in [0.05, 0.1) is 17.8 Å². The van der Waals surface area contributed by atoms with Gasteiger partial charge in [-0.15, -0.1) is 0 Å². The van der Waals surface area contributed by atoms with E-state index < -0.39 is 0 Å². The second-order valence-corrected chi connectivity index (χ2v) is 6.40. The van der Waals surface area contributed by atoms with E-state index >= 15 is 0 Å². The van der Waals surface area contributed by atoms with Crippen LogP contribution >= 0.6 is 0 Å². The van der Waals surface area contributed by atoms with Crippen molar-refractivity contribution in [3.8, 4) is 0 Å². The number of nitrogens with zero attached hydrogens (tertiary/aromatic N) is 6. The fraction of sp³-hybridized carbons (Fsp3) is 0.500. The standard InChI is InChI=1S/C16H19FN6/c1-9-4-10(2)21-16(20-9)22-6-12-5-13(7-22)23(12)15-14(17)11(3)18-8-19-15/h4,8,12-13H,5-7H2,1-3H3. The largest absolute Gasteiger partial charge is 0.344 e. The molecule has 5 rings (SSSR count). The third kappa shape index (κ3) is 2.31. The predicted octanol–water partition coefficient (Wildman–Crippen LogP) is 1.80. The maximum atomic E-state index is 14.3. The van der Waals surface area contributed by atoms with Crippen molar-refractivity contribution >= 4 is 11.8 Å². The van der Waals surface area contributed by atoms with Crippen LogP contribution in [0.3, 0.4) is 0 Å². The number of anilines is 2. The first-order chi connectivity index (χ1) is 11.0. The summed E-state index contributed by atoms with van der Waals surface area (Å²) in [6.07, 6.45) is 2.50. The summed E-state index contributed by atoms with van der Waals surface area (Å²) < 4.78 is 14.3. The van der Waals surface area contributed by atoms with Crippen molar-refractivity contribution in [2.45, 2.75) is 39.3 Å². The maximum Gasteiger partial charge on any atom is 0.225 e. The van der Waals surface area contributed by atoms with Gasteiger partial charge in [-0.3, -0.25) is 0 Å². The van der Waals surface area contributed by atoms with Gasteiger partial charge >= 0.3 is 0 Å².